The van der Waals surface area contributed by atoms with Gasteiger partial charge in [-0.25, -0.2) is 0 Å². The Labute approximate surface area is 114 Å². The fourth-order valence-electron chi connectivity index (χ4n) is 2.58. The molecule has 0 aliphatic carbocycles. The molecule has 1 aromatic heterocycles. The number of piperidine rings is 1. The highest BCUT2D eigenvalue weighted by atomic mass is 16.2. The second-order valence-corrected chi connectivity index (χ2v) is 5.50. The Morgan fingerprint density at radius 1 is 1.53 bits per heavy atom. The molecule has 1 aliphatic heterocycles. The number of carbonyl (C=O) groups excluding carboxylic acids is 1. The highest BCUT2D eigenvalue weighted by Gasteiger charge is 2.26. The Morgan fingerprint density at radius 2 is 2.21 bits per heavy atom. The fraction of sp³-hybridized carbons (Fsp3) is 0.769. The molecule has 0 aromatic carbocycles. The van der Waals surface area contributed by atoms with E-state index in [1.807, 2.05) is 11.9 Å². The first-order chi connectivity index (χ1) is 9.08. The number of hydrogen-bond acceptors (Lipinski definition) is 4. The third-order valence-corrected chi connectivity index (χ3v) is 3.97. The van der Waals surface area contributed by atoms with Gasteiger partial charge in [0.25, 0.3) is 0 Å². The first kappa shape index (κ1) is 14.0. The maximum Gasteiger partial charge on any atom is 0.228 e. The summed E-state index contributed by atoms with van der Waals surface area (Å²) in [6.07, 6.45) is 4.04. The summed E-state index contributed by atoms with van der Waals surface area (Å²) < 4.78 is 0. The predicted molar refractivity (Wildman–Crippen MR) is 72.6 cm³/mol. The van der Waals surface area contributed by atoms with Gasteiger partial charge in [-0.05, 0) is 26.7 Å². The van der Waals surface area contributed by atoms with Gasteiger partial charge < -0.3 is 9.80 Å². The molecular formula is C13H23N5O. The molecule has 1 aliphatic rings. The van der Waals surface area contributed by atoms with Crippen LogP contribution in [0.25, 0.3) is 0 Å². The van der Waals surface area contributed by atoms with Gasteiger partial charge in [0.15, 0.2) is 0 Å². The van der Waals surface area contributed by atoms with Crippen molar-refractivity contribution in [3.63, 3.8) is 0 Å². The predicted octanol–water partition coefficient (Wildman–Crippen LogP) is 0.678. The van der Waals surface area contributed by atoms with E-state index in [1.54, 1.807) is 6.20 Å². The number of amides is 1. The first-order valence-corrected chi connectivity index (χ1v) is 6.92. The zero-order valence-electron chi connectivity index (χ0n) is 12.0. The van der Waals surface area contributed by atoms with E-state index in [-0.39, 0.29) is 5.91 Å². The Hall–Kier alpha value is -1.43. The minimum Gasteiger partial charge on any atom is -0.342 e. The van der Waals surface area contributed by atoms with Crippen LogP contribution in [0.1, 0.15) is 32.4 Å². The van der Waals surface area contributed by atoms with Crippen molar-refractivity contribution in [2.24, 2.45) is 0 Å². The molecule has 0 spiro atoms. The minimum atomic E-state index is 0.122. The molecule has 106 valence electrons. The van der Waals surface area contributed by atoms with E-state index < -0.39 is 0 Å². The van der Waals surface area contributed by atoms with Crippen LogP contribution in [0, 0.1) is 0 Å². The van der Waals surface area contributed by atoms with Crippen LogP contribution in [0.2, 0.25) is 0 Å². The molecule has 1 fully saturated rings. The molecule has 1 saturated heterocycles. The summed E-state index contributed by atoms with van der Waals surface area (Å²) in [4.78, 5) is 16.5. The fourth-order valence-corrected chi connectivity index (χ4v) is 2.58. The van der Waals surface area contributed by atoms with Crippen molar-refractivity contribution in [3.05, 3.63) is 11.9 Å². The van der Waals surface area contributed by atoms with Gasteiger partial charge in [-0.2, -0.15) is 15.4 Å². The number of likely N-dealkylation sites (tertiary alicyclic amines) is 1. The van der Waals surface area contributed by atoms with Crippen LogP contribution in [0.3, 0.4) is 0 Å². The summed E-state index contributed by atoms with van der Waals surface area (Å²) in [6, 6.07) is 0.950. The number of aromatic nitrogens is 3. The van der Waals surface area contributed by atoms with Gasteiger partial charge in [-0.1, -0.05) is 0 Å². The molecule has 2 rings (SSSR count). The van der Waals surface area contributed by atoms with Gasteiger partial charge in [0, 0.05) is 32.2 Å². The number of nitrogens with one attached hydrogen (secondary N) is 1. The monoisotopic (exact) mass is 265 g/mol. The number of carbonyl (C=O) groups is 1. The lowest BCUT2D eigenvalue weighted by atomic mass is 10.0. The lowest BCUT2D eigenvalue weighted by Gasteiger charge is -2.38. The van der Waals surface area contributed by atoms with Crippen LogP contribution < -0.4 is 0 Å². The van der Waals surface area contributed by atoms with Crippen molar-refractivity contribution in [1.29, 1.82) is 0 Å². The summed E-state index contributed by atoms with van der Waals surface area (Å²) in [5, 5.41) is 10.2. The van der Waals surface area contributed by atoms with Crippen molar-refractivity contribution in [3.8, 4) is 0 Å². The molecule has 0 radical (unpaired) electrons. The van der Waals surface area contributed by atoms with Crippen LogP contribution in [-0.2, 0) is 11.2 Å². The zero-order chi connectivity index (χ0) is 13.8. The SMILES string of the molecule is CC(C)N1CCC(N(C)C(=O)Cc2cn[nH]n2)CC1. The van der Waals surface area contributed by atoms with Crippen molar-refractivity contribution >= 4 is 5.91 Å². The number of hydrogen-bond donors (Lipinski definition) is 1. The van der Waals surface area contributed by atoms with E-state index in [9.17, 15) is 4.79 Å². The van der Waals surface area contributed by atoms with Crippen LogP contribution >= 0.6 is 0 Å². The van der Waals surface area contributed by atoms with E-state index in [4.69, 9.17) is 0 Å². The average Bonchev–Trinajstić information content (AvgIpc) is 2.90. The normalized spacial score (nSPS) is 17.9. The molecule has 0 saturated carbocycles. The third-order valence-electron chi connectivity index (χ3n) is 3.97. The minimum absolute atomic E-state index is 0.122. The molecule has 19 heavy (non-hydrogen) atoms. The van der Waals surface area contributed by atoms with Crippen LogP contribution in [0.15, 0.2) is 6.20 Å². The Balaban J connectivity index is 1.83. The first-order valence-electron chi connectivity index (χ1n) is 6.92. The second-order valence-electron chi connectivity index (χ2n) is 5.50. The maximum atomic E-state index is 12.2. The number of nitrogens with zero attached hydrogens (tertiary/aromatic N) is 4. The lowest BCUT2D eigenvalue weighted by Crippen LogP contribution is -2.47. The molecule has 0 atom stereocenters. The van der Waals surface area contributed by atoms with Gasteiger partial charge in [0.2, 0.25) is 5.91 Å². The highest BCUT2D eigenvalue weighted by Crippen LogP contribution is 2.17. The topological polar surface area (TPSA) is 65.1 Å². The summed E-state index contributed by atoms with van der Waals surface area (Å²) in [5.74, 6) is 0.122. The smallest absolute Gasteiger partial charge is 0.228 e. The number of aromatic amines is 1. The number of likely N-dealkylation sites (N-methyl/N-ethyl adjacent to an activating group) is 1. The van der Waals surface area contributed by atoms with E-state index >= 15 is 0 Å². The molecule has 0 unspecified atom stereocenters. The van der Waals surface area contributed by atoms with E-state index in [1.165, 1.54) is 0 Å². The van der Waals surface area contributed by atoms with Gasteiger partial charge in [-0.15, -0.1) is 0 Å². The van der Waals surface area contributed by atoms with Crippen LogP contribution in [0.5, 0.6) is 0 Å². The van der Waals surface area contributed by atoms with Gasteiger partial charge in [-0.3, -0.25) is 4.79 Å². The van der Waals surface area contributed by atoms with Crippen molar-refractivity contribution in [1.82, 2.24) is 25.2 Å². The van der Waals surface area contributed by atoms with Crippen molar-refractivity contribution < 1.29 is 4.79 Å². The van der Waals surface area contributed by atoms with Gasteiger partial charge >= 0.3 is 0 Å². The second kappa shape index (κ2) is 6.14. The molecule has 1 aromatic rings. The highest BCUT2D eigenvalue weighted by molar-refractivity contribution is 5.78. The molecule has 0 bridgehead atoms. The van der Waals surface area contributed by atoms with Crippen LogP contribution in [-0.4, -0.2) is 63.3 Å². The Kier molecular flexibility index (Phi) is 4.52. The summed E-state index contributed by atoms with van der Waals surface area (Å²) in [7, 11) is 1.90. The summed E-state index contributed by atoms with van der Waals surface area (Å²) in [5.41, 5.74) is 0.705. The number of H-pyrrole nitrogens is 1. The maximum absolute atomic E-state index is 12.2. The molecule has 6 nitrogen and oxygen atoms in total. The quantitative estimate of drug-likeness (QED) is 0.869. The van der Waals surface area contributed by atoms with Gasteiger partial charge in [0.1, 0.15) is 0 Å². The van der Waals surface area contributed by atoms with E-state index in [0.29, 0.717) is 24.2 Å². The largest absolute Gasteiger partial charge is 0.342 e. The van der Waals surface area contributed by atoms with Gasteiger partial charge in [0.05, 0.1) is 18.3 Å². The van der Waals surface area contributed by atoms with Crippen molar-refractivity contribution in [2.75, 3.05) is 20.1 Å². The lowest BCUT2D eigenvalue weighted by molar-refractivity contribution is -0.132. The van der Waals surface area contributed by atoms with E-state index in [0.717, 1.165) is 25.9 Å². The van der Waals surface area contributed by atoms with Crippen molar-refractivity contribution in [2.45, 2.75) is 45.2 Å². The standard InChI is InChI=1S/C13H23N5O/c1-10(2)18-6-4-12(5-7-18)17(3)13(19)8-11-9-14-16-15-11/h9-10,12H,4-8H2,1-3H3,(H,14,15,16). The number of rotatable bonds is 4. The zero-order valence-corrected chi connectivity index (χ0v) is 12.0. The molecule has 2 heterocycles. The summed E-state index contributed by atoms with van der Waals surface area (Å²) in [6.45, 7) is 6.59. The molecular weight excluding hydrogens is 242 g/mol. The third kappa shape index (κ3) is 3.53. The van der Waals surface area contributed by atoms with E-state index in [2.05, 4.69) is 34.2 Å². The Morgan fingerprint density at radius 3 is 2.74 bits per heavy atom. The summed E-state index contributed by atoms with van der Waals surface area (Å²) >= 11 is 0. The van der Waals surface area contributed by atoms with Crippen LogP contribution in [0.4, 0.5) is 0 Å². The Bertz CT molecular complexity index is 395. The molecule has 6 heteroatoms. The average molecular weight is 265 g/mol. The molecule has 1 N–H and O–H groups in total. The molecule has 1 amide bonds.